The van der Waals surface area contributed by atoms with Crippen molar-refractivity contribution in [3.63, 3.8) is 0 Å². The summed E-state index contributed by atoms with van der Waals surface area (Å²) in [4.78, 5) is 11.1. The molecule has 88 valence electrons. The van der Waals surface area contributed by atoms with Crippen LogP contribution in [0.5, 0.6) is 0 Å². The van der Waals surface area contributed by atoms with E-state index in [1.54, 1.807) is 11.8 Å². The van der Waals surface area contributed by atoms with Crippen molar-refractivity contribution in [1.29, 1.82) is 0 Å². The number of carbonyl (C=O) groups is 1. The van der Waals surface area contributed by atoms with E-state index in [-0.39, 0.29) is 0 Å². The Kier molecular flexibility index (Phi) is 5.96. The van der Waals surface area contributed by atoms with Gasteiger partial charge in [-0.15, -0.1) is 0 Å². The van der Waals surface area contributed by atoms with E-state index in [0.29, 0.717) is 6.54 Å². The Hall–Kier alpha value is -1.00. The molecule has 0 aliphatic heterocycles. The number of thioether (sulfide) groups is 1. The summed E-state index contributed by atoms with van der Waals surface area (Å²) in [5.41, 5.74) is 0.853. The number of carboxylic acid groups (broad SMARTS) is 1. The molecule has 0 aliphatic rings. The number of hydrogen-bond acceptors (Lipinski definition) is 3. The molecule has 0 heterocycles. The lowest BCUT2D eigenvalue weighted by Crippen LogP contribution is -2.28. The fourth-order valence-electron chi connectivity index (χ4n) is 1.45. The normalized spacial score (nSPS) is 12.3. The molecule has 4 heteroatoms. The first-order chi connectivity index (χ1) is 7.75. The van der Waals surface area contributed by atoms with Crippen LogP contribution in [-0.4, -0.2) is 36.2 Å². The first kappa shape index (κ1) is 13.1. The summed E-state index contributed by atoms with van der Waals surface area (Å²) in [5.74, 6) is -0.230. The lowest BCUT2D eigenvalue weighted by atomic mass is 9.99. The van der Waals surface area contributed by atoms with Crippen LogP contribution < -0.4 is 5.32 Å². The van der Waals surface area contributed by atoms with Crippen molar-refractivity contribution in [3.8, 4) is 0 Å². The highest BCUT2D eigenvalue weighted by atomic mass is 32.2. The highest BCUT2D eigenvalue weighted by Crippen LogP contribution is 2.14. The molecule has 1 aromatic carbocycles. The van der Waals surface area contributed by atoms with E-state index >= 15 is 0 Å². The number of hydrogen-bond donors (Lipinski definition) is 2. The van der Waals surface area contributed by atoms with Crippen molar-refractivity contribution < 1.29 is 9.90 Å². The van der Waals surface area contributed by atoms with Gasteiger partial charge in [0.05, 0.1) is 5.92 Å². The van der Waals surface area contributed by atoms with Gasteiger partial charge in [0, 0.05) is 18.8 Å². The van der Waals surface area contributed by atoms with Gasteiger partial charge in [-0.1, -0.05) is 30.3 Å². The van der Waals surface area contributed by atoms with Crippen LogP contribution >= 0.6 is 11.8 Å². The lowest BCUT2D eigenvalue weighted by Gasteiger charge is -2.13. The van der Waals surface area contributed by atoms with Gasteiger partial charge >= 0.3 is 5.97 Å². The van der Waals surface area contributed by atoms with Crippen LogP contribution in [0, 0.1) is 0 Å². The summed E-state index contributed by atoms with van der Waals surface area (Å²) in [6.07, 6.45) is 2.04. The van der Waals surface area contributed by atoms with Gasteiger partial charge in [0.25, 0.3) is 0 Å². The second kappa shape index (κ2) is 7.30. The monoisotopic (exact) mass is 239 g/mol. The Morgan fingerprint density at radius 2 is 2.12 bits per heavy atom. The third-order valence-corrected chi connectivity index (χ3v) is 2.94. The van der Waals surface area contributed by atoms with Gasteiger partial charge in [-0.3, -0.25) is 4.79 Å². The second-order valence-corrected chi connectivity index (χ2v) is 4.48. The average Bonchev–Trinajstić information content (AvgIpc) is 2.30. The maximum atomic E-state index is 11.1. The van der Waals surface area contributed by atoms with E-state index in [1.807, 2.05) is 36.6 Å². The minimum Gasteiger partial charge on any atom is -0.481 e. The van der Waals surface area contributed by atoms with Crippen molar-refractivity contribution in [1.82, 2.24) is 5.32 Å². The molecule has 1 rings (SSSR count). The molecule has 3 nitrogen and oxygen atoms in total. The SMILES string of the molecule is CSCCNCC(C(=O)O)c1ccccc1. The number of benzene rings is 1. The predicted octanol–water partition coefficient (Wildman–Crippen LogP) is 1.81. The van der Waals surface area contributed by atoms with Crippen LogP contribution in [0.2, 0.25) is 0 Å². The molecule has 2 N–H and O–H groups in total. The zero-order valence-electron chi connectivity index (χ0n) is 9.35. The Balaban J connectivity index is 2.52. The van der Waals surface area contributed by atoms with Gasteiger partial charge in [0.15, 0.2) is 0 Å². The van der Waals surface area contributed by atoms with Gasteiger partial charge in [0.2, 0.25) is 0 Å². The summed E-state index contributed by atoms with van der Waals surface area (Å²) in [7, 11) is 0. The number of rotatable bonds is 7. The summed E-state index contributed by atoms with van der Waals surface area (Å²) < 4.78 is 0. The molecule has 0 spiro atoms. The maximum Gasteiger partial charge on any atom is 0.312 e. The third-order valence-electron chi connectivity index (χ3n) is 2.33. The largest absolute Gasteiger partial charge is 0.481 e. The second-order valence-electron chi connectivity index (χ2n) is 3.50. The summed E-state index contributed by atoms with van der Waals surface area (Å²) >= 11 is 1.75. The van der Waals surface area contributed by atoms with E-state index in [0.717, 1.165) is 17.9 Å². The van der Waals surface area contributed by atoms with E-state index in [4.69, 9.17) is 5.11 Å². The van der Waals surface area contributed by atoms with Gasteiger partial charge in [-0.05, 0) is 11.8 Å². The lowest BCUT2D eigenvalue weighted by molar-refractivity contribution is -0.138. The van der Waals surface area contributed by atoms with E-state index < -0.39 is 11.9 Å². The quantitative estimate of drug-likeness (QED) is 0.712. The molecule has 16 heavy (non-hydrogen) atoms. The third kappa shape index (κ3) is 4.24. The number of aliphatic carboxylic acids is 1. The average molecular weight is 239 g/mol. The summed E-state index contributed by atoms with van der Waals surface area (Å²) in [5, 5.41) is 12.3. The highest BCUT2D eigenvalue weighted by molar-refractivity contribution is 7.98. The molecule has 0 fully saturated rings. The first-order valence-corrected chi connectivity index (χ1v) is 6.62. The van der Waals surface area contributed by atoms with Crippen LogP contribution in [0.15, 0.2) is 30.3 Å². The van der Waals surface area contributed by atoms with Gasteiger partial charge < -0.3 is 10.4 Å². The van der Waals surface area contributed by atoms with E-state index in [1.165, 1.54) is 0 Å². The Morgan fingerprint density at radius 1 is 1.44 bits per heavy atom. The molecule has 0 aromatic heterocycles. The van der Waals surface area contributed by atoms with Crippen molar-refractivity contribution in [2.75, 3.05) is 25.1 Å². The molecular weight excluding hydrogens is 222 g/mol. The van der Waals surface area contributed by atoms with E-state index in [2.05, 4.69) is 5.32 Å². The van der Waals surface area contributed by atoms with Crippen LogP contribution in [0.25, 0.3) is 0 Å². The maximum absolute atomic E-state index is 11.1. The Morgan fingerprint density at radius 3 is 2.69 bits per heavy atom. The van der Waals surface area contributed by atoms with Crippen molar-refractivity contribution in [3.05, 3.63) is 35.9 Å². The van der Waals surface area contributed by atoms with Crippen molar-refractivity contribution in [2.24, 2.45) is 0 Å². The Bertz CT molecular complexity index is 316. The molecule has 0 radical (unpaired) electrons. The minimum atomic E-state index is -0.775. The molecular formula is C12H17NO2S. The van der Waals surface area contributed by atoms with Crippen molar-refractivity contribution >= 4 is 17.7 Å². The number of carboxylic acids is 1. The first-order valence-electron chi connectivity index (χ1n) is 5.23. The standard InChI is InChI=1S/C12H17NO2S/c1-16-8-7-13-9-11(12(14)15)10-5-3-2-4-6-10/h2-6,11,13H,7-9H2,1H3,(H,14,15). The zero-order valence-corrected chi connectivity index (χ0v) is 10.2. The van der Waals surface area contributed by atoms with Crippen LogP contribution in [-0.2, 0) is 4.79 Å². The highest BCUT2D eigenvalue weighted by Gasteiger charge is 2.18. The molecule has 0 aliphatic carbocycles. The topological polar surface area (TPSA) is 49.3 Å². The fraction of sp³-hybridized carbons (Fsp3) is 0.417. The summed E-state index contributed by atoms with van der Waals surface area (Å²) in [6.45, 7) is 1.33. The van der Waals surface area contributed by atoms with Crippen LogP contribution in [0.1, 0.15) is 11.5 Å². The predicted molar refractivity (Wildman–Crippen MR) is 68.1 cm³/mol. The molecule has 1 atom stereocenters. The molecule has 0 bridgehead atoms. The number of nitrogens with one attached hydrogen (secondary N) is 1. The molecule has 0 saturated heterocycles. The Labute approximate surface area is 100 Å². The van der Waals surface area contributed by atoms with Gasteiger partial charge in [-0.2, -0.15) is 11.8 Å². The fourth-order valence-corrected chi connectivity index (χ4v) is 1.80. The summed E-state index contributed by atoms with van der Waals surface area (Å²) in [6, 6.07) is 9.34. The molecule has 1 aromatic rings. The van der Waals surface area contributed by atoms with Crippen molar-refractivity contribution in [2.45, 2.75) is 5.92 Å². The molecule has 0 amide bonds. The van der Waals surface area contributed by atoms with Crippen LogP contribution in [0.3, 0.4) is 0 Å². The molecule has 1 unspecified atom stereocenters. The van der Waals surface area contributed by atoms with Crippen LogP contribution in [0.4, 0.5) is 0 Å². The molecule has 0 saturated carbocycles. The van der Waals surface area contributed by atoms with Gasteiger partial charge in [-0.25, -0.2) is 0 Å². The minimum absolute atomic E-state index is 0.456. The smallest absolute Gasteiger partial charge is 0.312 e. The van der Waals surface area contributed by atoms with Gasteiger partial charge in [0.1, 0.15) is 0 Å². The van der Waals surface area contributed by atoms with E-state index in [9.17, 15) is 4.79 Å². The zero-order chi connectivity index (χ0) is 11.8.